The zero-order valence-electron chi connectivity index (χ0n) is 12.4. The minimum Gasteiger partial charge on any atom is -0.329 e. The Hall–Kier alpha value is -1.71. The topological polar surface area (TPSA) is 50.9 Å². The van der Waals surface area contributed by atoms with Gasteiger partial charge in [0.2, 0.25) is 0 Å². The lowest BCUT2D eigenvalue weighted by atomic mass is 10.0. The molecule has 0 amide bonds. The van der Waals surface area contributed by atoms with Gasteiger partial charge in [0.15, 0.2) is 0 Å². The van der Waals surface area contributed by atoms with Crippen molar-refractivity contribution in [3.8, 4) is 0 Å². The molecule has 0 radical (unpaired) electrons. The molecule has 3 rings (SSSR count). The lowest BCUT2D eigenvalue weighted by molar-refractivity contribution is 0.544. The zero-order valence-corrected chi connectivity index (χ0v) is 12.4. The summed E-state index contributed by atoms with van der Waals surface area (Å²) in [5.41, 5.74) is 8.78. The number of nitrogens with two attached hydrogens (primary N) is 1. The minimum absolute atomic E-state index is 0.172. The molecule has 3 N–H and O–H groups in total. The average molecular weight is 281 g/mol. The Labute approximate surface area is 126 Å². The minimum atomic E-state index is 0.172. The maximum Gasteiger partial charge on any atom is 0.0466 e. The van der Waals surface area contributed by atoms with E-state index in [0.29, 0.717) is 6.54 Å². The summed E-state index contributed by atoms with van der Waals surface area (Å²) in [5, 5.41) is 6.02. The Morgan fingerprint density at radius 1 is 1.24 bits per heavy atom. The van der Waals surface area contributed by atoms with Crippen LogP contribution in [-0.2, 0) is 0 Å². The molecule has 0 spiro atoms. The molecule has 0 saturated carbocycles. The Kier molecular flexibility index (Phi) is 4.63. The van der Waals surface area contributed by atoms with Crippen molar-refractivity contribution in [1.82, 2.24) is 10.3 Å². The molecule has 0 fully saturated rings. The number of pyridine rings is 1. The van der Waals surface area contributed by atoms with Gasteiger partial charge in [0.05, 0.1) is 0 Å². The zero-order chi connectivity index (χ0) is 14.5. The van der Waals surface area contributed by atoms with Crippen molar-refractivity contribution in [2.24, 2.45) is 5.73 Å². The summed E-state index contributed by atoms with van der Waals surface area (Å²) < 4.78 is 0. The quantitative estimate of drug-likeness (QED) is 0.799. The second-order valence-corrected chi connectivity index (χ2v) is 5.70. The molecule has 3 heteroatoms. The standard InChI is InChI=1S/C18H23N3/c19-11-18(21-10-9-14-5-1-2-6-14)17-13-20-12-15-7-3-4-8-16(15)17/h3-5,7-8,12-13,18,21H,1-2,6,9-11,19H2. The van der Waals surface area contributed by atoms with Crippen molar-refractivity contribution in [3.63, 3.8) is 0 Å². The van der Waals surface area contributed by atoms with E-state index in [1.54, 1.807) is 5.57 Å². The SMILES string of the molecule is NCC(NCCC1=CCCC1)c1cncc2ccccc12. The van der Waals surface area contributed by atoms with E-state index < -0.39 is 0 Å². The van der Waals surface area contributed by atoms with Crippen LogP contribution in [0.2, 0.25) is 0 Å². The first-order chi connectivity index (χ1) is 10.4. The van der Waals surface area contributed by atoms with Gasteiger partial charge >= 0.3 is 0 Å². The molecule has 1 atom stereocenters. The van der Waals surface area contributed by atoms with Crippen molar-refractivity contribution < 1.29 is 0 Å². The van der Waals surface area contributed by atoms with Gasteiger partial charge in [-0.05, 0) is 43.2 Å². The van der Waals surface area contributed by atoms with Gasteiger partial charge in [-0.1, -0.05) is 35.9 Å². The Bertz CT molecular complexity index is 628. The summed E-state index contributed by atoms with van der Waals surface area (Å²) >= 11 is 0. The summed E-state index contributed by atoms with van der Waals surface area (Å²) in [6.45, 7) is 1.58. The van der Waals surface area contributed by atoms with E-state index in [0.717, 1.165) is 13.0 Å². The molecule has 1 heterocycles. The molecule has 2 aromatic rings. The number of benzene rings is 1. The third-order valence-corrected chi connectivity index (χ3v) is 4.28. The van der Waals surface area contributed by atoms with Crippen LogP contribution in [0.1, 0.15) is 37.3 Å². The van der Waals surface area contributed by atoms with E-state index in [1.165, 1.54) is 35.6 Å². The summed E-state index contributed by atoms with van der Waals surface area (Å²) in [4.78, 5) is 4.36. The van der Waals surface area contributed by atoms with E-state index in [4.69, 9.17) is 5.73 Å². The first-order valence-electron chi connectivity index (χ1n) is 7.82. The maximum atomic E-state index is 5.99. The maximum absolute atomic E-state index is 5.99. The van der Waals surface area contributed by atoms with Crippen molar-refractivity contribution in [3.05, 3.63) is 53.9 Å². The number of hydrogen-bond acceptors (Lipinski definition) is 3. The van der Waals surface area contributed by atoms with Crippen LogP contribution >= 0.6 is 0 Å². The van der Waals surface area contributed by atoms with Crippen LogP contribution in [0, 0.1) is 0 Å². The molecular formula is C18H23N3. The number of hydrogen-bond donors (Lipinski definition) is 2. The molecule has 1 aliphatic carbocycles. The molecule has 0 saturated heterocycles. The highest BCUT2D eigenvalue weighted by Gasteiger charge is 2.13. The van der Waals surface area contributed by atoms with Crippen molar-refractivity contribution in [2.75, 3.05) is 13.1 Å². The largest absolute Gasteiger partial charge is 0.329 e. The van der Waals surface area contributed by atoms with Crippen molar-refractivity contribution >= 4 is 10.8 Å². The highest BCUT2D eigenvalue weighted by atomic mass is 14.9. The van der Waals surface area contributed by atoms with Gasteiger partial charge < -0.3 is 11.1 Å². The summed E-state index contributed by atoms with van der Waals surface area (Å²) in [6, 6.07) is 8.54. The number of nitrogens with zero attached hydrogens (tertiary/aromatic N) is 1. The van der Waals surface area contributed by atoms with E-state index >= 15 is 0 Å². The van der Waals surface area contributed by atoms with Crippen LogP contribution in [0.25, 0.3) is 10.8 Å². The van der Waals surface area contributed by atoms with Gasteiger partial charge in [-0.2, -0.15) is 0 Å². The molecule has 3 nitrogen and oxygen atoms in total. The fraction of sp³-hybridized carbons (Fsp3) is 0.389. The molecule has 21 heavy (non-hydrogen) atoms. The number of fused-ring (bicyclic) bond motifs is 1. The van der Waals surface area contributed by atoms with Crippen LogP contribution in [0.3, 0.4) is 0 Å². The van der Waals surface area contributed by atoms with Crippen molar-refractivity contribution in [2.45, 2.75) is 31.7 Å². The predicted molar refractivity (Wildman–Crippen MR) is 88.1 cm³/mol. The Morgan fingerprint density at radius 2 is 2.14 bits per heavy atom. The van der Waals surface area contributed by atoms with Gasteiger partial charge in [-0.15, -0.1) is 0 Å². The van der Waals surface area contributed by atoms with E-state index in [-0.39, 0.29) is 6.04 Å². The summed E-state index contributed by atoms with van der Waals surface area (Å²) in [6.07, 6.45) is 11.2. The Balaban J connectivity index is 1.72. The normalized spacial score (nSPS) is 16.1. The van der Waals surface area contributed by atoms with Crippen LogP contribution in [0.5, 0.6) is 0 Å². The molecule has 110 valence electrons. The van der Waals surface area contributed by atoms with E-state index in [1.807, 2.05) is 18.5 Å². The average Bonchev–Trinajstić information content (AvgIpc) is 3.05. The third-order valence-electron chi connectivity index (χ3n) is 4.28. The predicted octanol–water partition coefficient (Wildman–Crippen LogP) is 3.32. The van der Waals surface area contributed by atoms with Crippen LogP contribution in [0.15, 0.2) is 48.3 Å². The van der Waals surface area contributed by atoms with E-state index in [9.17, 15) is 0 Å². The number of rotatable bonds is 6. The van der Waals surface area contributed by atoms with Gasteiger partial charge in [-0.3, -0.25) is 4.98 Å². The summed E-state index contributed by atoms with van der Waals surface area (Å²) in [7, 11) is 0. The number of nitrogens with one attached hydrogen (secondary N) is 1. The van der Waals surface area contributed by atoms with Crippen molar-refractivity contribution in [1.29, 1.82) is 0 Å². The van der Waals surface area contributed by atoms with Crippen LogP contribution < -0.4 is 11.1 Å². The van der Waals surface area contributed by atoms with Crippen LogP contribution in [0.4, 0.5) is 0 Å². The smallest absolute Gasteiger partial charge is 0.0466 e. The molecule has 1 aromatic carbocycles. The lowest BCUT2D eigenvalue weighted by Crippen LogP contribution is -2.29. The van der Waals surface area contributed by atoms with Gasteiger partial charge in [0, 0.05) is 30.4 Å². The lowest BCUT2D eigenvalue weighted by Gasteiger charge is -2.19. The van der Waals surface area contributed by atoms with Gasteiger partial charge in [0.1, 0.15) is 0 Å². The molecule has 1 unspecified atom stereocenters. The first-order valence-corrected chi connectivity index (χ1v) is 7.82. The third kappa shape index (κ3) is 3.31. The number of allylic oxidation sites excluding steroid dienone is 1. The molecular weight excluding hydrogens is 258 g/mol. The highest BCUT2D eigenvalue weighted by Crippen LogP contribution is 2.24. The molecule has 1 aliphatic rings. The fourth-order valence-corrected chi connectivity index (χ4v) is 3.11. The Morgan fingerprint density at radius 3 is 2.95 bits per heavy atom. The summed E-state index contributed by atoms with van der Waals surface area (Å²) in [5.74, 6) is 0. The van der Waals surface area contributed by atoms with Gasteiger partial charge in [0.25, 0.3) is 0 Å². The second kappa shape index (κ2) is 6.83. The first kappa shape index (κ1) is 14.2. The second-order valence-electron chi connectivity index (χ2n) is 5.70. The van der Waals surface area contributed by atoms with Gasteiger partial charge in [-0.25, -0.2) is 0 Å². The molecule has 0 aliphatic heterocycles. The van der Waals surface area contributed by atoms with E-state index in [2.05, 4.69) is 34.6 Å². The fourth-order valence-electron chi connectivity index (χ4n) is 3.11. The number of aromatic nitrogens is 1. The monoisotopic (exact) mass is 281 g/mol. The molecule has 1 aromatic heterocycles. The van der Waals surface area contributed by atoms with Crippen LogP contribution in [-0.4, -0.2) is 18.1 Å². The highest BCUT2D eigenvalue weighted by molar-refractivity contribution is 5.85. The molecule has 0 bridgehead atoms.